The molecule has 0 N–H and O–H groups in total. The van der Waals surface area contributed by atoms with Crippen molar-refractivity contribution in [1.29, 1.82) is 0 Å². The molecule has 0 aliphatic carbocycles. The Morgan fingerprint density at radius 3 is 2.47 bits per heavy atom. The van der Waals surface area contributed by atoms with E-state index in [9.17, 15) is 9.59 Å². The number of carbonyl (C=O) groups is 2. The summed E-state index contributed by atoms with van der Waals surface area (Å²) in [5, 5.41) is 0. The second-order valence-corrected chi connectivity index (χ2v) is 6.70. The number of carbonyl (C=O) groups excluding carboxylic acids is 2. The van der Waals surface area contributed by atoms with Gasteiger partial charge < -0.3 is 14.5 Å². The molecule has 2 heterocycles. The largest absolute Gasteiger partial charge is 0.444 e. The van der Waals surface area contributed by atoms with Gasteiger partial charge in [-0.2, -0.15) is 12.6 Å². The number of thiol groups is 1. The fraction of sp³-hybridized carbons (Fsp3) is 0.846. The maximum Gasteiger partial charge on any atom is 0.410 e. The second-order valence-electron chi connectivity index (χ2n) is 6.34. The van der Waals surface area contributed by atoms with Crippen molar-refractivity contribution in [2.45, 2.75) is 38.8 Å². The molecule has 2 amide bonds. The van der Waals surface area contributed by atoms with E-state index in [1.807, 2.05) is 25.7 Å². The highest BCUT2D eigenvalue weighted by Crippen LogP contribution is 2.26. The fourth-order valence-electron chi connectivity index (χ4n) is 2.41. The van der Waals surface area contributed by atoms with Crippen LogP contribution in [-0.4, -0.2) is 58.8 Å². The van der Waals surface area contributed by atoms with Crippen molar-refractivity contribution < 1.29 is 14.3 Å². The summed E-state index contributed by atoms with van der Waals surface area (Å²) in [6.07, 6.45) is 0.299. The van der Waals surface area contributed by atoms with Crippen molar-refractivity contribution in [3.63, 3.8) is 0 Å². The SMILES string of the molecule is CC(C)(C)OC(=O)N1CC(N2CC(CS)CC2=O)C1. The monoisotopic (exact) mass is 286 g/mol. The van der Waals surface area contributed by atoms with Crippen molar-refractivity contribution in [2.24, 2.45) is 5.92 Å². The summed E-state index contributed by atoms with van der Waals surface area (Å²) in [4.78, 5) is 27.2. The molecule has 6 heteroatoms. The minimum Gasteiger partial charge on any atom is -0.444 e. The molecule has 5 nitrogen and oxygen atoms in total. The van der Waals surface area contributed by atoms with E-state index in [0.717, 1.165) is 12.3 Å². The first-order chi connectivity index (χ1) is 8.80. The molecule has 1 unspecified atom stereocenters. The minimum absolute atomic E-state index is 0.157. The Bertz CT molecular complexity index is 375. The number of ether oxygens (including phenoxy) is 1. The highest BCUT2D eigenvalue weighted by atomic mass is 32.1. The van der Waals surface area contributed by atoms with Gasteiger partial charge in [0.15, 0.2) is 0 Å². The fourth-order valence-corrected chi connectivity index (χ4v) is 2.66. The van der Waals surface area contributed by atoms with Gasteiger partial charge in [-0.1, -0.05) is 0 Å². The van der Waals surface area contributed by atoms with Gasteiger partial charge in [-0.15, -0.1) is 0 Å². The van der Waals surface area contributed by atoms with Crippen LogP contribution < -0.4 is 0 Å². The Balaban J connectivity index is 1.80. The molecule has 0 radical (unpaired) electrons. The average molecular weight is 286 g/mol. The van der Waals surface area contributed by atoms with Crippen LogP contribution in [0.5, 0.6) is 0 Å². The molecule has 1 atom stereocenters. The number of likely N-dealkylation sites (tertiary alicyclic amines) is 2. The Labute approximate surface area is 119 Å². The number of amides is 2. The number of rotatable bonds is 2. The lowest BCUT2D eigenvalue weighted by molar-refractivity contribution is -0.132. The molecule has 0 bridgehead atoms. The van der Waals surface area contributed by atoms with Crippen LogP contribution in [0.4, 0.5) is 4.79 Å². The summed E-state index contributed by atoms with van der Waals surface area (Å²) in [5.74, 6) is 1.28. The van der Waals surface area contributed by atoms with Gasteiger partial charge in [-0.05, 0) is 32.4 Å². The summed E-state index contributed by atoms with van der Waals surface area (Å²) < 4.78 is 5.29. The molecule has 0 aromatic carbocycles. The van der Waals surface area contributed by atoms with Crippen molar-refractivity contribution in [3.05, 3.63) is 0 Å². The molecule has 2 fully saturated rings. The quantitative estimate of drug-likeness (QED) is 0.780. The van der Waals surface area contributed by atoms with Gasteiger partial charge in [0.1, 0.15) is 5.60 Å². The lowest BCUT2D eigenvalue weighted by atomic mass is 10.1. The van der Waals surface area contributed by atoms with Gasteiger partial charge >= 0.3 is 6.09 Å². The first-order valence-corrected chi connectivity index (χ1v) is 7.31. The number of nitrogens with zero attached hydrogens (tertiary/aromatic N) is 2. The second kappa shape index (κ2) is 5.23. The standard InChI is InChI=1S/C13H22N2O3S/c1-13(2,3)18-12(17)14-6-10(7-14)15-5-9(8-19)4-11(15)16/h9-10,19H,4-8H2,1-3H3. The van der Waals surface area contributed by atoms with Crippen molar-refractivity contribution in [3.8, 4) is 0 Å². The molecule has 108 valence electrons. The van der Waals surface area contributed by atoms with E-state index in [-0.39, 0.29) is 18.0 Å². The number of hydrogen-bond donors (Lipinski definition) is 1. The first kappa shape index (κ1) is 14.5. The molecule has 2 aliphatic heterocycles. The van der Waals surface area contributed by atoms with E-state index in [1.54, 1.807) is 4.90 Å². The van der Waals surface area contributed by atoms with Gasteiger partial charge in [-0.3, -0.25) is 4.79 Å². The highest BCUT2D eigenvalue weighted by Gasteiger charge is 2.42. The van der Waals surface area contributed by atoms with Crippen molar-refractivity contribution >= 4 is 24.6 Å². The van der Waals surface area contributed by atoms with Crippen LogP contribution in [0.1, 0.15) is 27.2 Å². The van der Waals surface area contributed by atoms with Gasteiger partial charge in [0, 0.05) is 26.1 Å². The Morgan fingerprint density at radius 2 is 2.00 bits per heavy atom. The summed E-state index contributed by atoms with van der Waals surface area (Å²) in [5.41, 5.74) is -0.469. The van der Waals surface area contributed by atoms with Crippen LogP contribution in [0.15, 0.2) is 0 Å². The predicted octanol–water partition coefficient (Wildman–Crippen LogP) is 1.38. The van der Waals surface area contributed by atoms with Crippen LogP contribution in [0.3, 0.4) is 0 Å². The molecule has 2 aliphatic rings. The highest BCUT2D eigenvalue weighted by molar-refractivity contribution is 7.80. The molecule has 0 spiro atoms. The topological polar surface area (TPSA) is 49.9 Å². The van der Waals surface area contributed by atoms with E-state index in [0.29, 0.717) is 25.4 Å². The summed E-state index contributed by atoms with van der Waals surface area (Å²) >= 11 is 4.25. The maximum atomic E-state index is 11.8. The lowest BCUT2D eigenvalue weighted by Crippen LogP contribution is -2.62. The minimum atomic E-state index is -0.469. The molecule has 2 saturated heterocycles. The van der Waals surface area contributed by atoms with Crippen LogP contribution in [0.25, 0.3) is 0 Å². The third kappa shape index (κ3) is 3.35. The molecule has 0 saturated carbocycles. The van der Waals surface area contributed by atoms with Crippen LogP contribution in [0.2, 0.25) is 0 Å². The van der Waals surface area contributed by atoms with Gasteiger partial charge in [-0.25, -0.2) is 4.79 Å². The van der Waals surface area contributed by atoms with Gasteiger partial charge in [0.2, 0.25) is 5.91 Å². The summed E-state index contributed by atoms with van der Waals surface area (Å²) in [6.45, 7) is 7.49. The molecule has 0 aromatic heterocycles. The van der Waals surface area contributed by atoms with E-state index >= 15 is 0 Å². The predicted molar refractivity (Wildman–Crippen MR) is 75.3 cm³/mol. The zero-order valence-electron chi connectivity index (χ0n) is 11.8. The molecular formula is C13H22N2O3S. The van der Waals surface area contributed by atoms with Crippen LogP contribution in [-0.2, 0) is 9.53 Å². The third-order valence-electron chi connectivity index (χ3n) is 3.45. The van der Waals surface area contributed by atoms with E-state index < -0.39 is 5.60 Å². The molecule has 2 rings (SSSR count). The summed E-state index contributed by atoms with van der Waals surface area (Å²) in [7, 11) is 0. The normalized spacial score (nSPS) is 24.6. The molecule has 19 heavy (non-hydrogen) atoms. The Kier molecular flexibility index (Phi) is 3.99. The van der Waals surface area contributed by atoms with Crippen LogP contribution in [0, 0.1) is 5.92 Å². The Morgan fingerprint density at radius 1 is 1.37 bits per heavy atom. The van der Waals surface area contributed by atoms with Crippen molar-refractivity contribution in [1.82, 2.24) is 9.80 Å². The first-order valence-electron chi connectivity index (χ1n) is 6.68. The van der Waals surface area contributed by atoms with Gasteiger partial charge in [0.05, 0.1) is 6.04 Å². The zero-order valence-corrected chi connectivity index (χ0v) is 12.7. The Hall–Kier alpha value is -0.910. The van der Waals surface area contributed by atoms with E-state index in [4.69, 9.17) is 4.74 Å². The maximum absolute atomic E-state index is 11.8. The van der Waals surface area contributed by atoms with E-state index in [2.05, 4.69) is 12.6 Å². The van der Waals surface area contributed by atoms with Crippen molar-refractivity contribution in [2.75, 3.05) is 25.4 Å². The summed E-state index contributed by atoms with van der Waals surface area (Å²) in [6, 6.07) is 0.157. The molecular weight excluding hydrogens is 264 g/mol. The lowest BCUT2D eigenvalue weighted by Gasteiger charge is -2.44. The number of hydrogen-bond acceptors (Lipinski definition) is 4. The van der Waals surface area contributed by atoms with Crippen LogP contribution >= 0.6 is 12.6 Å². The zero-order chi connectivity index (χ0) is 14.2. The van der Waals surface area contributed by atoms with Gasteiger partial charge in [0.25, 0.3) is 0 Å². The van der Waals surface area contributed by atoms with E-state index in [1.165, 1.54) is 0 Å². The molecule has 0 aromatic rings. The smallest absolute Gasteiger partial charge is 0.410 e. The third-order valence-corrected chi connectivity index (χ3v) is 3.97. The average Bonchev–Trinajstić information content (AvgIpc) is 2.55.